The minimum atomic E-state index is -0.519. The van der Waals surface area contributed by atoms with E-state index in [1.165, 1.54) is 17.4 Å². The molecule has 148 valence electrons. The number of nitriles is 1. The largest absolute Gasteiger partial charge is 0.490 e. The molecule has 0 unspecified atom stereocenters. The van der Waals surface area contributed by atoms with Gasteiger partial charge in [-0.15, -0.1) is 22.7 Å². The van der Waals surface area contributed by atoms with E-state index in [0.29, 0.717) is 22.8 Å². The lowest BCUT2D eigenvalue weighted by Gasteiger charge is -2.12. The molecule has 0 aliphatic carbocycles. The maximum Gasteiger partial charge on any atom is 0.315 e. The Morgan fingerprint density at radius 2 is 2.10 bits per heavy atom. The van der Waals surface area contributed by atoms with Crippen LogP contribution in [0.5, 0.6) is 11.5 Å². The molecule has 0 N–H and O–H groups in total. The number of nitrogens with zero attached hydrogens (tertiary/aromatic N) is 3. The number of nitro benzene ring substituents is 1. The van der Waals surface area contributed by atoms with Crippen LogP contribution in [0.2, 0.25) is 0 Å². The van der Waals surface area contributed by atoms with E-state index in [9.17, 15) is 15.4 Å². The van der Waals surface area contributed by atoms with E-state index in [1.807, 2.05) is 22.9 Å². The van der Waals surface area contributed by atoms with E-state index in [-0.39, 0.29) is 23.8 Å². The molecule has 3 aromatic rings. The Balaban J connectivity index is 2.05. The Kier molecular flexibility index (Phi) is 6.59. The maximum atomic E-state index is 11.5. The molecule has 0 amide bonds. The third-order valence-corrected chi connectivity index (χ3v) is 5.55. The van der Waals surface area contributed by atoms with Gasteiger partial charge in [0.1, 0.15) is 11.1 Å². The van der Waals surface area contributed by atoms with Gasteiger partial charge in [0.2, 0.25) is 5.75 Å². The predicted octanol–water partition coefficient (Wildman–Crippen LogP) is 5.64. The molecule has 2 aromatic heterocycles. The second-order valence-electron chi connectivity index (χ2n) is 5.68. The highest BCUT2D eigenvalue weighted by Gasteiger charge is 2.22. The Morgan fingerprint density at radius 3 is 2.72 bits per heavy atom. The van der Waals surface area contributed by atoms with Gasteiger partial charge in [-0.25, -0.2) is 4.98 Å². The van der Waals surface area contributed by atoms with E-state index in [1.54, 1.807) is 37.3 Å². The molecule has 0 radical (unpaired) electrons. The fourth-order valence-corrected chi connectivity index (χ4v) is 4.17. The molecule has 0 bridgehead atoms. The molecule has 0 atom stereocenters. The summed E-state index contributed by atoms with van der Waals surface area (Å²) in [6.07, 6.45) is 1.57. The monoisotopic (exact) mass is 427 g/mol. The van der Waals surface area contributed by atoms with Gasteiger partial charge in [0.15, 0.2) is 5.75 Å². The molecule has 0 fully saturated rings. The minimum absolute atomic E-state index is 0.0873. The standard InChI is InChI=1S/C20H17N3O4S2/c1-3-26-17-10-13(9-16(23(24)25)19(17)27-4-2)8-14(11-21)20-22-15(12-29-20)18-6-5-7-28-18/h5-10,12H,3-4H2,1-2H3/b14-8-. The van der Waals surface area contributed by atoms with Gasteiger partial charge >= 0.3 is 5.69 Å². The van der Waals surface area contributed by atoms with Crippen LogP contribution in [0.4, 0.5) is 5.69 Å². The smallest absolute Gasteiger partial charge is 0.315 e. The van der Waals surface area contributed by atoms with E-state index in [0.717, 1.165) is 10.6 Å². The number of rotatable bonds is 8. The van der Waals surface area contributed by atoms with E-state index in [4.69, 9.17) is 9.47 Å². The lowest BCUT2D eigenvalue weighted by atomic mass is 10.1. The first-order valence-electron chi connectivity index (χ1n) is 8.77. The lowest BCUT2D eigenvalue weighted by Crippen LogP contribution is -2.02. The van der Waals surface area contributed by atoms with Gasteiger partial charge in [-0.3, -0.25) is 10.1 Å². The number of thiazole rings is 1. The van der Waals surface area contributed by atoms with Crippen LogP contribution in [-0.2, 0) is 0 Å². The first-order chi connectivity index (χ1) is 14.1. The van der Waals surface area contributed by atoms with E-state index < -0.39 is 4.92 Å². The number of nitro groups is 1. The quantitative estimate of drug-likeness (QED) is 0.262. The summed E-state index contributed by atoms with van der Waals surface area (Å²) in [7, 11) is 0. The van der Waals surface area contributed by atoms with Gasteiger partial charge in [0.05, 0.1) is 34.3 Å². The number of allylic oxidation sites excluding steroid dienone is 1. The summed E-state index contributed by atoms with van der Waals surface area (Å²) in [5.74, 6) is 0.356. The number of aromatic nitrogens is 1. The van der Waals surface area contributed by atoms with Crippen LogP contribution in [0.25, 0.3) is 22.2 Å². The van der Waals surface area contributed by atoms with Crippen molar-refractivity contribution in [1.82, 2.24) is 4.98 Å². The van der Waals surface area contributed by atoms with Crippen molar-refractivity contribution in [3.05, 3.63) is 55.7 Å². The molecule has 3 rings (SSSR count). The summed E-state index contributed by atoms with van der Waals surface area (Å²) in [6.45, 7) is 4.12. The molecule has 0 aliphatic heterocycles. The zero-order chi connectivity index (χ0) is 20.8. The molecule has 0 saturated heterocycles. The van der Waals surface area contributed by atoms with Crippen molar-refractivity contribution in [2.75, 3.05) is 13.2 Å². The molecule has 0 spiro atoms. The van der Waals surface area contributed by atoms with Crippen molar-refractivity contribution >= 4 is 40.0 Å². The summed E-state index contributed by atoms with van der Waals surface area (Å²) in [5.41, 5.74) is 1.38. The van der Waals surface area contributed by atoms with Crippen LogP contribution < -0.4 is 9.47 Å². The fourth-order valence-electron chi connectivity index (χ4n) is 2.62. The van der Waals surface area contributed by atoms with E-state index in [2.05, 4.69) is 11.1 Å². The highest BCUT2D eigenvalue weighted by atomic mass is 32.1. The summed E-state index contributed by atoms with van der Waals surface area (Å²) in [6, 6.07) is 9.04. The van der Waals surface area contributed by atoms with Crippen molar-refractivity contribution in [2.45, 2.75) is 13.8 Å². The molecule has 29 heavy (non-hydrogen) atoms. The average Bonchev–Trinajstić information content (AvgIpc) is 3.39. The first kappa shape index (κ1) is 20.5. The third-order valence-electron chi connectivity index (χ3n) is 3.78. The Hall–Kier alpha value is -3.22. The second-order valence-corrected chi connectivity index (χ2v) is 7.48. The number of thiophene rings is 1. The van der Waals surface area contributed by atoms with Gasteiger partial charge < -0.3 is 9.47 Å². The van der Waals surface area contributed by atoms with Gasteiger partial charge in [-0.2, -0.15) is 5.26 Å². The predicted molar refractivity (Wildman–Crippen MR) is 114 cm³/mol. The molecule has 7 nitrogen and oxygen atoms in total. The van der Waals surface area contributed by atoms with Gasteiger partial charge in [-0.05, 0) is 43.0 Å². The Bertz CT molecular complexity index is 1080. The van der Waals surface area contributed by atoms with Crippen LogP contribution in [0.15, 0.2) is 35.0 Å². The van der Waals surface area contributed by atoms with Crippen molar-refractivity contribution in [2.24, 2.45) is 0 Å². The third kappa shape index (κ3) is 4.62. The van der Waals surface area contributed by atoms with Crippen molar-refractivity contribution in [3.8, 4) is 28.1 Å². The average molecular weight is 428 g/mol. The van der Waals surface area contributed by atoms with Gasteiger partial charge in [0, 0.05) is 11.4 Å². The van der Waals surface area contributed by atoms with Crippen LogP contribution in [0.3, 0.4) is 0 Å². The topological polar surface area (TPSA) is 98.3 Å². The molecular weight excluding hydrogens is 410 g/mol. The highest BCUT2D eigenvalue weighted by molar-refractivity contribution is 7.14. The number of benzene rings is 1. The summed E-state index contributed by atoms with van der Waals surface area (Å²) in [4.78, 5) is 16.6. The summed E-state index contributed by atoms with van der Waals surface area (Å²) >= 11 is 2.92. The molecule has 0 saturated carbocycles. The SMILES string of the molecule is CCOc1cc(/C=C(/C#N)c2nc(-c3cccs3)cs2)cc([N+](=O)[O-])c1OCC. The van der Waals surface area contributed by atoms with Gasteiger partial charge in [-0.1, -0.05) is 6.07 Å². The van der Waals surface area contributed by atoms with Crippen LogP contribution in [-0.4, -0.2) is 23.1 Å². The molecular formula is C20H17N3O4S2. The minimum Gasteiger partial charge on any atom is -0.490 e. The molecule has 1 aromatic carbocycles. The van der Waals surface area contributed by atoms with Crippen molar-refractivity contribution in [3.63, 3.8) is 0 Å². The zero-order valence-electron chi connectivity index (χ0n) is 15.7. The summed E-state index contributed by atoms with van der Waals surface area (Å²) in [5, 5.41) is 25.6. The van der Waals surface area contributed by atoms with Crippen LogP contribution in [0.1, 0.15) is 24.4 Å². The number of ether oxygens (including phenoxy) is 2. The first-order valence-corrected chi connectivity index (χ1v) is 10.5. The normalized spacial score (nSPS) is 11.1. The lowest BCUT2D eigenvalue weighted by molar-refractivity contribution is -0.386. The summed E-state index contributed by atoms with van der Waals surface area (Å²) < 4.78 is 11.0. The molecule has 2 heterocycles. The number of hydrogen-bond donors (Lipinski definition) is 0. The fraction of sp³-hybridized carbons (Fsp3) is 0.200. The van der Waals surface area contributed by atoms with E-state index >= 15 is 0 Å². The van der Waals surface area contributed by atoms with Crippen molar-refractivity contribution < 1.29 is 14.4 Å². The molecule has 0 aliphatic rings. The van der Waals surface area contributed by atoms with Gasteiger partial charge in [0.25, 0.3) is 0 Å². The molecule has 9 heteroatoms. The van der Waals surface area contributed by atoms with Crippen molar-refractivity contribution in [1.29, 1.82) is 5.26 Å². The van der Waals surface area contributed by atoms with Crippen LogP contribution >= 0.6 is 22.7 Å². The Morgan fingerprint density at radius 1 is 1.31 bits per heavy atom. The number of hydrogen-bond acceptors (Lipinski definition) is 8. The highest BCUT2D eigenvalue weighted by Crippen LogP contribution is 2.39. The maximum absolute atomic E-state index is 11.5. The second kappa shape index (κ2) is 9.32. The Labute approximate surface area is 175 Å². The van der Waals surface area contributed by atoms with Crippen LogP contribution in [0, 0.1) is 21.4 Å². The zero-order valence-corrected chi connectivity index (χ0v) is 17.4.